The number of hydrogen-bond acceptors (Lipinski definition) is 12. The molecule has 4 rings (SSSR count). The molecule has 0 amide bonds. The number of fused-ring (bicyclic) bond motifs is 1. The molecule has 156 valence electrons. The van der Waals surface area contributed by atoms with E-state index >= 15 is 0 Å². The highest BCUT2D eigenvalue weighted by molar-refractivity contribution is 7.98. The predicted octanol–water partition coefficient (Wildman–Crippen LogP) is 3.71. The molecule has 4 heterocycles. The van der Waals surface area contributed by atoms with Crippen LogP contribution in [-0.4, -0.2) is 37.7 Å². The number of aryl methyl sites for hydroxylation is 3. The molecule has 0 spiro atoms. The molecule has 0 radical (unpaired) electrons. The first-order chi connectivity index (χ1) is 14.4. The van der Waals surface area contributed by atoms with E-state index in [2.05, 4.69) is 25.1 Å². The molecule has 2 N–H and O–H groups in total. The number of aromatic nitrogens is 5. The molecular formula is C18H18N6O4S2. The summed E-state index contributed by atoms with van der Waals surface area (Å²) in [6.45, 7) is 7.45. The van der Waals surface area contributed by atoms with Crippen molar-refractivity contribution in [3.05, 3.63) is 27.8 Å². The number of nitrogens with two attached hydrogens (primary N) is 1. The number of carbonyl (C=O) groups is 1. The summed E-state index contributed by atoms with van der Waals surface area (Å²) in [6.07, 6.45) is 0. The Bertz CT molecular complexity index is 1250. The van der Waals surface area contributed by atoms with Gasteiger partial charge in [-0.05, 0) is 27.7 Å². The molecular weight excluding hydrogens is 428 g/mol. The monoisotopic (exact) mass is 446 g/mol. The van der Waals surface area contributed by atoms with E-state index in [1.807, 2.05) is 13.8 Å². The number of rotatable bonds is 6. The number of nitrogen functional groups attached to an aromatic ring is 1. The van der Waals surface area contributed by atoms with Crippen molar-refractivity contribution in [3.63, 3.8) is 0 Å². The normalized spacial score (nSPS) is 11.3. The number of carbonyl (C=O) groups excluding carboxylic acids is 1. The van der Waals surface area contributed by atoms with Gasteiger partial charge >= 0.3 is 5.97 Å². The first-order valence-corrected chi connectivity index (χ1v) is 10.8. The highest BCUT2D eigenvalue weighted by Crippen LogP contribution is 2.32. The van der Waals surface area contributed by atoms with Crippen molar-refractivity contribution in [2.24, 2.45) is 0 Å². The fourth-order valence-electron chi connectivity index (χ4n) is 2.91. The minimum absolute atomic E-state index is 0.150. The van der Waals surface area contributed by atoms with Crippen LogP contribution in [0.3, 0.4) is 0 Å². The second kappa shape index (κ2) is 8.03. The third-order valence-corrected chi connectivity index (χ3v) is 5.99. The molecule has 0 aromatic carbocycles. The van der Waals surface area contributed by atoms with Crippen molar-refractivity contribution in [2.45, 2.75) is 38.7 Å². The number of nitrogens with zero attached hydrogens (tertiary/aromatic N) is 5. The molecule has 0 unspecified atom stereocenters. The van der Waals surface area contributed by atoms with Gasteiger partial charge in [0.25, 0.3) is 11.1 Å². The zero-order chi connectivity index (χ0) is 21.4. The van der Waals surface area contributed by atoms with Crippen LogP contribution in [-0.2, 0) is 10.5 Å². The van der Waals surface area contributed by atoms with Crippen LogP contribution in [0, 0.1) is 20.8 Å². The summed E-state index contributed by atoms with van der Waals surface area (Å²) >= 11 is 2.77. The van der Waals surface area contributed by atoms with Crippen LogP contribution in [0.1, 0.15) is 39.6 Å². The Morgan fingerprint density at radius 3 is 2.67 bits per heavy atom. The number of thioether (sulfide) groups is 1. The first-order valence-electron chi connectivity index (χ1n) is 9.00. The van der Waals surface area contributed by atoms with E-state index in [9.17, 15) is 4.79 Å². The largest absolute Gasteiger partial charge is 0.462 e. The number of furan rings is 1. The SMILES string of the molecule is CCOC(=O)c1c(C)oc2nc(CSc3nnc(-c4sc(C)nc4C)o3)nc(N)c12. The van der Waals surface area contributed by atoms with E-state index < -0.39 is 5.97 Å². The lowest BCUT2D eigenvalue weighted by atomic mass is 10.2. The maximum absolute atomic E-state index is 12.2. The molecule has 0 saturated heterocycles. The van der Waals surface area contributed by atoms with E-state index in [0.29, 0.717) is 33.8 Å². The Hall–Kier alpha value is -2.99. The van der Waals surface area contributed by atoms with Crippen LogP contribution in [0.15, 0.2) is 14.1 Å². The predicted molar refractivity (Wildman–Crippen MR) is 111 cm³/mol. The number of hydrogen-bond donors (Lipinski definition) is 1. The quantitative estimate of drug-likeness (QED) is 0.342. The van der Waals surface area contributed by atoms with Crippen LogP contribution in [0.5, 0.6) is 0 Å². The second-order valence-electron chi connectivity index (χ2n) is 6.27. The summed E-state index contributed by atoms with van der Waals surface area (Å²) in [5.74, 6) is 1.19. The fourth-order valence-corrected chi connectivity index (χ4v) is 4.37. The molecule has 4 aromatic rings. The average molecular weight is 447 g/mol. The zero-order valence-corrected chi connectivity index (χ0v) is 18.3. The number of ether oxygens (including phenoxy) is 1. The number of esters is 1. The maximum atomic E-state index is 12.2. The molecule has 0 fully saturated rings. The van der Waals surface area contributed by atoms with E-state index in [-0.39, 0.29) is 23.7 Å². The van der Waals surface area contributed by atoms with Crippen molar-refractivity contribution < 1.29 is 18.4 Å². The van der Waals surface area contributed by atoms with Crippen molar-refractivity contribution in [2.75, 3.05) is 12.3 Å². The minimum Gasteiger partial charge on any atom is -0.462 e. The number of thiazole rings is 1. The zero-order valence-electron chi connectivity index (χ0n) is 16.7. The van der Waals surface area contributed by atoms with Crippen molar-refractivity contribution in [1.82, 2.24) is 25.1 Å². The lowest BCUT2D eigenvalue weighted by Crippen LogP contribution is -2.07. The summed E-state index contributed by atoms with van der Waals surface area (Å²) in [7, 11) is 0. The van der Waals surface area contributed by atoms with Crippen molar-refractivity contribution >= 4 is 46.0 Å². The Balaban J connectivity index is 1.55. The standard InChI is InChI=1S/C18H18N6O4S2/c1-5-26-17(25)11-8(3)27-15-12(11)14(19)21-10(22-15)6-29-18-24-23-16(28-18)13-7(2)20-9(4)30-13/h5-6H2,1-4H3,(H2,19,21,22). The smallest absolute Gasteiger partial charge is 0.342 e. The summed E-state index contributed by atoms with van der Waals surface area (Å²) < 4.78 is 16.4. The van der Waals surface area contributed by atoms with Crippen LogP contribution < -0.4 is 5.73 Å². The maximum Gasteiger partial charge on any atom is 0.342 e. The van der Waals surface area contributed by atoms with E-state index in [1.54, 1.807) is 13.8 Å². The lowest BCUT2D eigenvalue weighted by molar-refractivity contribution is 0.0526. The van der Waals surface area contributed by atoms with Gasteiger partial charge in [0, 0.05) is 0 Å². The molecule has 0 aliphatic heterocycles. The number of anilines is 1. The van der Waals surface area contributed by atoms with E-state index in [0.717, 1.165) is 15.6 Å². The van der Waals surface area contributed by atoms with Crippen molar-refractivity contribution in [3.8, 4) is 10.8 Å². The van der Waals surface area contributed by atoms with Gasteiger partial charge in [-0.2, -0.15) is 4.98 Å². The molecule has 10 nitrogen and oxygen atoms in total. The van der Waals surface area contributed by atoms with Crippen LogP contribution in [0.2, 0.25) is 0 Å². The summed E-state index contributed by atoms with van der Waals surface area (Å²) in [6, 6.07) is 0. The van der Waals surface area contributed by atoms with Gasteiger partial charge in [0.1, 0.15) is 27.8 Å². The van der Waals surface area contributed by atoms with Gasteiger partial charge in [-0.25, -0.2) is 14.8 Å². The minimum atomic E-state index is -0.516. The van der Waals surface area contributed by atoms with Gasteiger partial charge in [0.15, 0.2) is 0 Å². The van der Waals surface area contributed by atoms with Crippen LogP contribution in [0.4, 0.5) is 5.82 Å². The third kappa shape index (κ3) is 3.75. The Kier molecular flexibility index (Phi) is 5.43. The Morgan fingerprint density at radius 2 is 1.97 bits per heavy atom. The third-order valence-electron chi connectivity index (χ3n) is 4.11. The van der Waals surface area contributed by atoms with Gasteiger partial charge in [0.05, 0.1) is 28.4 Å². The van der Waals surface area contributed by atoms with E-state index in [4.69, 9.17) is 19.3 Å². The summed E-state index contributed by atoms with van der Waals surface area (Å²) in [5.41, 5.74) is 7.43. The van der Waals surface area contributed by atoms with Crippen LogP contribution in [0.25, 0.3) is 21.9 Å². The average Bonchev–Trinajstić information content (AvgIpc) is 3.36. The summed E-state index contributed by atoms with van der Waals surface area (Å²) in [4.78, 5) is 26.1. The van der Waals surface area contributed by atoms with Gasteiger partial charge in [-0.1, -0.05) is 11.8 Å². The molecule has 0 bridgehead atoms. The van der Waals surface area contributed by atoms with Crippen LogP contribution >= 0.6 is 23.1 Å². The van der Waals surface area contributed by atoms with Crippen molar-refractivity contribution in [1.29, 1.82) is 0 Å². The first kappa shape index (κ1) is 20.3. The van der Waals surface area contributed by atoms with Gasteiger partial charge < -0.3 is 19.3 Å². The highest BCUT2D eigenvalue weighted by Gasteiger charge is 2.24. The molecule has 12 heteroatoms. The highest BCUT2D eigenvalue weighted by atomic mass is 32.2. The van der Waals surface area contributed by atoms with Gasteiger partial charge in [0.2, 0.25) is 5.71 Å². The van der Waals surface area contributed by atoms with Gasteiger partial charge in [-0.3, -0.25) is 0 Å². The topological polar surface area (TPSA) is 143 Å². The van der Waals surface area contributed by atoms with Gasteiger partial charge in [-0.15, -0.1) is 21.5 Å². The van der Waals surface area contributed by atoms with E-state index in [1.165, 1.54) is 23.1 Å². The molecule has 0 aliphatic carbocycles. The molecule has 30 heavy (non-hydrogen) atoms. The Morgan fingerprint density at radius 1 is 1.17 bits per heavy atom. The molecule has 0 aliphatic rings. The molecule has 0 atom stereocenters. The molecule has 4 aromatic heterocycles. The summed E-state index contributed by atoms with van der Waals surface area (Å²) in [5, 5.41) is 9.81. The lowest BCUT2D eigenvalue weighted by Gasteiger charge is -2.03. The second-order valence-corrected chi connectivity index (χ2v) is 8.40. The fraction of sp³-hybridized carbons (Fsp3) is 0.333. The Labute approximate surface area is 179 Å². The molecule has 0 saturated carbocycles.